The van der Waals surface area contributed by atoms with Crippen LogP contribution in [0.25, 0.3) is 0 Å². The van der Waals surface area contributed by atoms with E-state index in [0.29, 0.717) is 12.8 Å². The zero-order valence-electron chi connectivity index (χ0n) is 55.2. The molecule has 1 fully saturated rings. The van der Waals surface area contributed by atoms with Crippen LogP contribution in [-0.4, -0.2) is 99.6 Å². The average molecular weight is 1210 g/mol. The molecular weight excluding hydrogens is 1070 g/mol. The number of ether oxygens (including phenoxy) is 3. The Hall–Kier alpha value is -3.42. The Bertz CT molecular complexity index is 1770. The standard InChI is InChI=1S/C75H131NO10/c1-4-7-10-13-16-19-22-25-27-29-31-33-35-37-39-41-43-45-48-51-54-57-60-63-70(80)86-73-72(82)71(81)69(64-77)85-75(73)84-65-66(67(78)61-58-55-52-49-46-24-21-18-15-12-9-6-3)76-74(83)68(79)62-59-56-53-50-47-44-42-40-38-36-34-32-30-28-26-23-20-17-14-11-8-5-2/h8,11,17,20,25-28,32,34,38,40,44,47,58,61,66-69,71-73,75,77-79,81-82H,4-7,9-10,12-16,18-19,21-24,29-31,33,35-37,39,41-43,45-46,48-57,59-60,62-65H2,1-3H3,(H,76,83)/b11-8-,20-17-,27-25+,28-26-,34-32-,40-38-,47-44-,61-58+. The predicted octanol–water partition coefficient (Wildman–Crippen LogP) is 18.2. The number of aliphatic hydroxyl groups is 5. The maximum Gasteiger partial charge on any atom is 0.306 e. The zero-order valence-corrected chi connectivity index (χ0v) is 55.2. The molecule has 0 aromatic rings. The molecule has 0 radical (unpaired) electrons. The number of unbranched alkanes of at least 4 members (excludes halogenated alkanes) is 32. The van der Waals surface area contributed by atoms with Crippen molar-refractivity contribution in [1.29, 1.82) is 0 Å². The van der Waals surface area contributed by atoms with Gasteiger partial charge in [-0.2, -0.15) is 0 Å². The number of amides is 1. The Morgan fingerprint density at radius 1 is 0.465 bits per heavy atom. The van der Waals surface area contributed by atoms with E-state index in [0.717, 1.165) is 103 Å². The van der Waals surface area contributed by atoms with Crippen LogP contribution >= 0.6 is 0 Å². The van der Waals surface area contributed by atoms with Gasteiger partial charge in [-0.1, -0.05) is 291 Å². The quantitative estimate of drug-likeness (QED) is 0.0195. The van der Waals surface area contributed by atoms with Crippen LogP contribution in [0.2, 0.25) is 0 Å². The number of hydrogen-bond acceptors (Lipinski definition) is 10. The van der Waals surface area contributed by atoms with E-state index in [9.17, 15) is 35.1 Å². The Morgan fingerprint density at radius 3 is 1.27 bits per heavy atom. The highest BCUT2D eigenvalue weighted by atomic mass is 16.7. The third-order valence-electron chi connectivity index (χ3n) is 16.2. The van der Waals surface area contributed by atoms with E-state index < -0.39 is 67.4 Å². The molecule has 8 unspecified atom stereocenters. The number of rotatable bonds is 60. The van der Waals surface area contributed by atoms with Crippen LogP contribution in [-0.2, 0) is 23.8 Å². The maximum absolute atomic E-state index is 13.5. The molecule has 1 aliphatic heterocycles. The summed E-state index contributed by atoms with van der Waals surface area (Å²) in [7, 11) is 0. The Balaban J connectivity index is 2.61. The van der Waals surface area contributed by atoms with Crippen LogP contribution < -0.4 is 5.32 Å². The van der Waals surface area contributed by atoms with E-state index in [1.54, 1.807) is 6.08 Å². The summed E-state index contributed by atoms with van der Waals surface area (Å²) in [5.41, 5.74) is 0. The van der Waals surface area contributed by atoms with Crippen LogP contribution in [0.15, 0.2) is 97.2 Å². The first-order valence-corrected chi connectivity index (χ1v) is 35.5. The highest BCUT2D eigenvalue weighted by Crippen LogP contribution is 2.26. The lowest BCUT2D eigenvalue weighted by molar-refractivity contribution is -0.305. The van der Waals surface area contributed by atoms with Gasteiger partial charge in [-0.3, -0.25) is 9.59 Å². The lowest BCUT2D eigenvalue weighted by Gasteiger charge is -2.41. The highest BCUT2D eigenvalue weighted by molar-refractivity contribution is 5.80. The molecule has 0 saturated carbocycles. The van der Waals surface area contributed by atoms with E-state index in [-0.39, 0.29) is 19.4 Å². The fourth-order valence-corrected chi connectivity index (χ4v) is 10.7. The number of nitrogens with one attached hydrogen (secondary N) is 1. The van der Waals surface area contributed by atoms with Crippen LogP contribution in [0.3, 0.4) is 0 Å². The summed E-state index contributed by atoms with van der Waals surface area (Å²) in [6.07, 6.45) is 73.0. The summed E-state index contributed by atoms with van der Waals surface area (Å²) in [5, 5.41) is 57.2. The number of allylic oxidation sites excluding steroid dienone is 15. The van der Waals surface area contributed by atoms with E-state index in [4.69, 9.17) is 14.2 Å². The number of carbonyl (C=O) groups excluding carboxylic acids is 2. The maximum atomic E-state index is 13.5. The van der Waals surface area contributed by atoms with Crippen LogP contribution in [0.1, 0.15) is 303 Å². The zero-order chi connectivity index (χ0) is 62.4. The van der Waals surface area contributed by atoms with Crippen molar-refractivity contribution in [2.24, 2.45) is 0 Å². The van der Waals surface area contributed by atoms with Crippen molar-refractivity contribution in [2.45, 2.75) is 352 Å². The summed E-state index contributed by atoms with van der Waals surface area (Å²) in [4.78, 5) is 26.7. The monoisotopic (exact) mass is 1210 g/mol. The SMILES string of the molecule is CC/C=C\C/C=C\C/C=C\C/C=C\C/C=C\C/C=C\CCCCCC(O)C(=O)NC(COC1OC(CO)C(O)C(O)C1OC(=O)CCCCCCCCCCCCCCC/C=C/CCCCCCCC)C(O)/C=C/CCCCCCCCCCCC. The highest BCUT2D eigenvalue weighted by Gasteiger charge is 2.47. The molecule has 0 aromatic carbocycles. The molecule has 1 rings (SSSR count). The van der Waals surface area contributed by atoms with Gasteiger partial charge >= 0.3 is 5.97 Å². The van der Waals surface area contributed by atoms with Gasteiger partial charge in [0.2, 0.25) is 5.91 Å². The largest absolute Gasteiger partial charge is 0.454 e. The normalized spacial score (nSPS) is 18.9. The Kier molecular flexibility index (Phi) is 57.9. The lowest BCUT2D eigenvalue weighted by Crippen LogP contribution is -2.61. The average Bonchev–Trinajstić information content (AvgIpc) is 3.59. The molecule has 1 heterocycles. The van der Waals surface area contributed by atoms with E-state index in [1.807, 2.05) is 6.08 Å². The van der Waals surface area contributed by atoms with Crippen molar-refractivity contribution in [3.05, 3.63) is 97.2 Å². The van der Waals surface area contributed by atoms with Crippen molar-refractivity contribution in [3.63, 3.8) is 0 Å². The molecule has 496 valence electrons. The summed E-state index contributed by atoms with van der Waals surface area (Å²) in [6.45, 7) is 5.68. The molecule has 8 atom stereocenters. The van der Waals surface area contributed by atoms with E-state index >= 15 is 0 Å². The summed E-state index contributed by atoms with van der Waals surface area (Å²) < 4.78 is 17.7. The van der Waals surface area contributed by atoms with Crippen molar-refractivity contribution in [2.75, 3.05) is 13.2 Å². The summed E-state index contributed by atoms with van der Waals surface area (Å²) in [6, 6.07) is -1.04. The molecule has 1 amide bonds. The van der Waals surface area contributed by atoms with Gasteiger partial charge in [0.25, 0.3) is 0 Å². The molecule has 1 aliphatic rings. The molecule has 11 heteroatoms. The van der Waals surface area contributed by atoms with Crippen LogP contribution in [0, 0.1) is 0 Å². The van der Waals surface area contributed by atoms with Gasteiger partial charge in [-0.25, -0.2) is 0 Å². The smallest absolute Gasteiger partial charge is 0.306 e. The number of aliphatic hydroxyl groups excluding tert-OH is 5. The molecule has 1 saturated heterocycles. The topological polar surface area (TPSA) is 175 Å². The molecule has 0 aliphatic carbocycles. The van der Waals surface area contributed by atoms with Gasteiger partial charge in [-0.15, -0.1) is 0 Å². The molecule has 0 aromatic heterocycles. The Labute approximate surface area is 526 Å². The lowest BCUT2D eigenvalue weighted by atomic mass is 9.99. The van der Waals surface area contributed by atoms with Gasteiger partial charge in [0.05, 0.1) is 25.4 Å². The number of carbonyl (C=O) groups is 2. The van der Waals surface area contributed by atoms with Crippen molar-refractivity contribution in [1.82, 2.24) is 5.32 Å². The minimum atomic E-state index is -1.62. The van der Waals surface area contributed by atoms with Crippen LogP contribution in [0.4, 0.5) is 0 Å². The van der Waals surface area contributed by atoms with Gasteiger partial charge in [0, 0.05) is 6.42 Å². The van der Waals surface area contributed by atoms with Gasteiger partial charge in [0.15, 0.2) is 12.4 Å². The predicted molar refractivity (Wildman–Crippen MR) is 361 cm³/mol. The first kappa shape index (κ1) is 80.6. The first-order valence-electron chi connectivity index (χ1n) is 35.5. The third-order valence-corrected chi connectivity index (χ3v) is 16.2. The fraction of sp³-hybridized carbons (Fsp3) is 0.760. The van der Waals surface area contributed by atoms with Gasteiger partial charge in [0.1, 0.15) is 24.4 Å². The summed E-state index contributed by atoms with van der Waals surface area (Å²) >= 11 is 0. The molecule has 6 N–H and O–H groups in total. The van der Waals surface area contributed by atoms with Crippen molar-refractivity contribution in [3.8, 4) is 0 Å². The second kappa shape index (κ2) is 61.8. The number of hydrogen-bond donors (Lipinski definition) is 6. The molecular formula is C75H131NO10. The second-order valence-corrected chi connectivity index (χ2v) is 24.2. The molecule has 11 nitrogen and oxygen atoms in total. The summed E-state index contributed by atoms with van der Waals surface area (Å²) in [5.74, 6) is -1.22. The van der Waals surface area contributed by atoms with Gasteiger partial charge in [-0.05, 0) is 103 Å². The first-order chi connectivity index (χ1) is 42.2. The Morgan fingerprint density at radius 2 is 0.837 bits per heavy atom. The molecule has 86 heavy (non-hydrogen) atoms. The second-order valence-electron chi connectivity index (χ2n) is 24.2. The van der Waals surface area contributed by atoms with Crippen molar-refractivity contribution >= 4 is 11.9 Å². The third kappa shape index (κ3) is 48.5. The minimum absolute atomic E-state index is 0.118. The van der Waals surface area contributed by atoms with Crippen molar-refractivity contribution < 1.29 is 49.3 Å². The van der Waals surface area contributed by atoms with E-state index in [2.05, 4.69) is 111 Å². The minimum Gasteiger partial charge on any atom is -0.454 e. The fourth-order valence-electron chi connectivity index (χ4n) is 10.7. The van der Waals surface area contributed by atoms with Crippen LogP contribution in [0.5, 0.6) is 0 Å². The number of esters is 1. The van der Waals surface area contributed by atoms with E-state index in [1.165, 1.54) is 154 Å². The molecule has 0 spiro atoms. The van der Waals surface area contributed by atoms with Gasteiger partial charge < -0.3 is 45.1 Å². The molecule has 0 bridgehead atoms.